The smallest absolute Gasteiger partial charge is 0.312 e. The second-order valence-electron chi connectivity index (χ2n) is 6.12. The van der Waals surface area contributed by atoms with Crippen molar-refractivity contribution in [2.24, 2.45) is 5.92 Å². The molecule has 0 saturated carbocycles. The molecule has 1 aliphatic heterocycles. The molecule has 2 aromatic rings. The summed E-state index contributed by atoms with van der Waals surface area (Å²) < 4.78 is 32.0. The number of methoxy groups -OCH3 is 1. The van der Waals surface area contributed by atoms with Crippen molar-refractivity contribution in [1.82, 2.24) is 9.29 Å². The van der Waals surface area contributed by atoms with Crippen LogP contribution in [0, 0.1) is 16.0 Å². The van der Waals surface area contributed by atoms with E-state index in [0.717, 1.165) is 6.07 Å². The van der Waals surface area contributed by atoms with Gasteiger partial charge in [0.2, 0.25) is 15.9 Å². The molecule has 0 spiro atoms. The van der Waals surface area contributed by atoms with Gasteiger partial charge in [-0.05, 0) is 25.0 Å². The van der Waals surface area contributed by atoms with Crippen LogP contribution in [0.2, 0.25) is 0 Å². The lowest BCUT2D eigenvalue weighted by atomic mass is 9.99. The summed E-state index contributed by atoms with van der Waals surface area (Å²) in [6, 6.07) is 3.50. The van der Waals surface area contributed by atoms with E-state index >= 15 is 0 Å². The Bertz CT molecular complexity index is 977. The summed E-state index contributed by atoms with van der Waals surface area (Å²) in [5, 5.41) is 16.1. The highest BCUT2D eigenvalue weighted by molar-refractivity contribution is 7.89. The lowest BCUT2D eigenvalue weighted by Gasteiger charge is -2.31. The molecule has 28 heavy (non-hydrogen) atoms. The SMILES string of the molecule is COc1ccc(S(=O)(=O)N2CCCC(C(=O)Nc3nccs3)C2)cc1[N+](=O)[O-]. The van der Waals surface area contributed by atoms with Crippen LogP contribution < -0.4 is 10.1 Å². The van der Waals surface area contributed by atoms with Gasteiger partial charge in [-0.15, -0.1) is 11.3 Å². The number of nitro groups is 1. The van der Waals surface area contributed by atoms with Crippen molar-refractivity contribution < 1.29 is 22.9 Å². The fourth-order valence-corrected chi connectivity index (χ4v) is 5.07. The molecule has 1 saturated heterocycles. The van der Waals surface area contributed by atoms with Gasteiger partial charge in [-0.3, -0.25) is 14.9 Å². The average Bonchev–Trinajstić information content (AvgIpc) is 3.20. The van der Waals surface area contributed by atoms with Crippen molar-refractivity contribution in [3.63, 3.8) is 0 Å². The zero-order valence-corrected chi connectivity index (χ0v) is 16.5. The Balaban J connectivity index is 1.80. The number of carbonyl (C=O) groups excluding carboxylic acids is 1. The van der Waals surface area contributed by atoms with Crippen molar-refractivity contribution in [2.45, 2.75) is 17.7 Å². The fraction of sp³-hybridized carbons (Fsp3) is 0.375. The van der Waals surface area contributed by atoms with E-state index in [-0.39, 0.29) is 29.6 Å². The predicted octanol–water partition coefficient (Wildman–Crippen LogP) is 2.10. The van der Waals surface area contributed by atoms with E-state index in [1.54, 1.807) is 11.6 Å². The normalized spacial score (nSPS) is 17.8. The third-order valence-corrected chi connectivity index (χ3v) is 6.95. The van der Waals surface area contributed by atoms with Crippen molar-refractivity contribution in [2.75, 3.05) is 25.5 Å². The highest BCUT2D eigenvalue weighted by atomic mass is 32.2. The van der Waals surface area contributed by atoms with Crippen molar-refractivity contribution in [3.05, 3.63) is 39.9 Å². The number of ether oxygens (including phenoxy) is 1. The molecule has 3 rings (SSSR count). The van der Waals surface area contributed by atoms with Crippen LogP contribution in [0.25, 0.3) is 0 Å². The van der Waals surface area contributed by atoms with Crippen LogP contribution in [0.15, 0.2) is 34.7 Å². The van der Waals surface area contributed by atoms with Gasteiger partial charge in [0.25, 0.3) is 0 Å². The molecule has 0 aliphatic carbocycles. The molecule has 2 heterocycles. The maximum Gasteiger partial charge on any atom is 0.312 e. The largest absolute Gasteiger partial charge is 0.490 e. The minimum absolute atomic E-state index is 0.000626. The molecule has 0 radical (unpaired) electrons. The third-order valence-electron chi connectivity index (χ3n) is 4.40. The molecule has 10 nitrogen and oxygen atoms in total. The summed E-state index contributed by atoms with van der Waals surface area (Å²) in [6.45, 7) is 0.239. The van der Waals surface area contributed by atoms with E-state index in [9.17, 15) is 23.3 Å². The predicted molar refractivity (Wildman–Crippen MR) is 102 cm³/mol. The van der Waals surface area contributed by atoms with E-state index in [4.69, 9.17) is 4.74 Å². The number of thiazole rings is 1. The first-order valence-corrected chi connectivity index (χ1v) is 10.7. The third kappa shape index (κ3) is 4.13. The van der Waals surface area contributed by atoms with Crippen LogP contribution in [0.4, 0.5) is 10.8 Å². The molecular formula is C16H18N4O6S2. The van der Waals surface area contributed by atoms with Gasteiger partial charge in [-0.1, -0.05) is 0 Å². The number of hydrogen-bond acceptors (Lipinski definition) is 8. The summed E-state index contributed by atoms with van der Waals surface area (Å²) in [5.74, 6) is -0.848. The monoisotopic (exact) mass is 426 g/mol. The second kappa shape index (κ2) is 8.20. The minimum atomic E-state index is -3.99. The Morgan fingerprint density at radius 3 is 2.89 bits per heavy atom. The van der Waals surface area contributed by atoms with Crippen LogP contribution in [0.1, 0.15) is 12.8 Å². The molecule has 150 valence electrons. The summed E-state index contributed by atoms with van der Waals surface area (Å²) in [7, 11) is -2.72. The number of nitrogens with zero attached hydrogens (tertiary/aromatic N) is 3. The number of sulfonamides is 1. The van der Waals surface area contributed by atoms with E-state index in [2.05, 4.69) is 10.3 Å². The van der Waals surface area contributed by atoms with Gasteiger partial charge in [0, 0.05) is 30.7 Å². The van der Waals surface area contributed by atoms with Crippen LogP contribution in [-0.4, -0.2) is 48.7 Å². The Morgan fingerprint density at radius 2 is 2.25 bits per heavy atom. The Labute approximate surface area is 165 Å². The highest BCUT2D eigenvalue weighted by Gasteiger charge is 2.34. The molecule has 0 bridgehead atoms. The lowest BCUT2D eigenvalue weighted by Crippen LogP contribution is -2.43. The number of aromatic nitrogens is 1. The molecule has 1 atom stereocenters. The van der Waals surface area contributed by atoms with Gasteiger partial charge in [-0.25, -0.2) is 13.4 Å². The number of nitrogens with one attached hydrogen (secondary N) is 1. The van der Waals surface area contributed by atoms with Gasteiger partial charge >= 0.3 is 5.69 Å². The number of amides is 1. The van der Waals surface area contributed by atoms with E-state index in [0.29, 0.717) is 18.0 Å². The maximum atomic E-state index is 13.0. The molecule has 1 aliphatic rings. The minimum Gasteiger partial charge on any atom is -0.490 e. The first kappa shape index (κ1) is 20.2. The number of nitro benzene ring substituents is 1. The molecule has 1 amide bonds. The van der Waals surface area contributed by atoms with E-state index in [1.165, 1.54) is 34.9 Å². The van der Waals surface area contributed by atoms with Gasteiger partial charge in [0.15, 0.2) is 10.9 Å². The number of rotatable bonds is 6. The van der Waals surface area contributed by atoms with Crippen molar-refractivity contribution in [3.8, 4) is 5.75 Å². The van der Waals surface area contributed by atoms with Crippen LogP contribution >= 0.6 is 11.3 Å². The second-order valence-corrected chi connectivity index (χ2v) is 8.95. The summed E-state index contributed by atoms with van der Waals surface area (Å²) >= 11 is 1.28. The summed E-state index contributed by atoms with van der Waals surface area (Å²) in [6.07, 6.45) is 2.62. The zero-order valence-electron chi connectivity index (χ0n) is 14.9. The molecule has 12 heteroatoms. The first-order chi connectivity index (χ1) is 13.3. The number of carbonyl (C=O) groups is 1. The van der Waals surface area contributed by atoms with E-state index < -0.39 is 26.6 Å². The van der Waals surface area contributed by atoms with Crippen LogP contribution in [0.3, 0.4) is 0 Å². The molecule has 1 aromatic carbocycles. The fourth-order valence-electron chi connectivity index (χ4n) is 2.99. The van der Waals surface area contributed by atoms with Crippen LogP contribution in [0.5, 0.6) is 5.75 Å². The van der Waals surface area contributed by atoms with Crippen molar-refractivity contribution in [1.29, 1.82) is 0 Å². The topological polar surface area (TPSA) is 132 Å². The van der Waals surface area contributed by atoms with Gasteiger partial charge in [0.1, 0.15) is 0 Å². The number of anilines is 1. The summed E-state index contributed by atoms with van der Waals surface area (Å²) in [5.41, 5.74) is -0.432. The Hall–Kier alpha value is -2.57. The van der Waals surface area contributed by atoms with Gasteiger partial charge < -0.3 is 10.1 Å². The molecule has 1 unspecified atom stereocenters. The standard InChI is InChI=1S/C16H18N4O6S2/c1-26-14-5-4-12(9-13(14)20(22)23)28(24,25)19-7-2-3-11(10-19)15(21)18-16-17-6-8-27-16/h4-6,8-9,11H,2-3,7,10H2,1H3,(H,17,18,21). The maximum absolute atomic E-state index is 13.0. The van der Waals surface area contributed by atoms with Crippen LogP contribution in [-0.2, 0) is 14.8 Å². The van der Waals surface area contributed by atoms with E-state index in [1.807, 2.05) is 0 Å². The molecular weight excluding hydrogens is 408 g/mol. The quantitative estimate of drug-likeness (QED) is 0.552. The number of benzene rings is 1. The van der Waals surface area contributed by atoms with Gasteiger partial charge in [0.05, 0.1) is 22.8 Å². The number of piperidine rings is 1. The molecule has 1 N–H and O–H groups in total. The zero-order chi connectivity index (χ0) is 20.3. The average molecular weight is 426 g/mol. The van der Waals surface area contributed by atoms with Crippen molar-refractivity contribution >= 4 is 38.1 Å². The Kier molecular flexibility index (Phi) is 5.91. The Morgan fingerprint density at radius 1 is 1.46 bits per heavy atom. The summed E-state index contributed by atoms with van der Waals surface area (Å²) in [4.78, 5) is 26.7. The molecule has 1 fully saturated rings. The first-order valence-electron chi connectivity index (χ1n) is 8.36. The lowest BCUT2D eigenvalue weighted by molar-refractivity contribution is -0.386. The number of hydrogen-bond donors (Lipinski definition) is 1. The molecule has 1 aromatic heterocycles. The van der Waals surface area contributed by atoms with Gasteiger partial charge in [-0.2, -0.15) is 4.31 Å². The highest BCUT2D eigenvalue weighted by Crippen LogP contribution is 2.32.